The molecule has 2 aromatic heterocycles. The number of aliphatic hydroxyl groups excluding tert-OH is 3. The standard InChI is InChI=1S/C26H44N7O17P3S/c1-4-15(34)6-9-54-10-8-28-17(35)5-7-29-24(38)21(37)26(2,3)12-47-53(44,45)50-52(42,43)46-11-16-20(49-51(39,40)41)19(36)25(48-16)33-14-32-18-22(27)30-13-31-23(18)33/h4,13-16,19-21,25,34,36-37H,1,5-12H2,2-3H3,(H,28,35)(H,29,38)(H,42,43)(H,44,45)(H2,27,30,31)(H2,39,40,41)/t15-,16-,19-,20-,21?,25-/m1/s1. The molecule has 11 N–H and O–H groups in total. The Morgan fingerprint density at radius 1 is 1.09 bits per heavy atom. The topological polar surface area (TPSA) is 367 Å². The number of aliphatic hydroxyl groups is 3. The number of rotatable bonds is 23. The molecular formula is C26H44N7O17P3S. The molecule has 54 heavy (non-hydrogen) atoms. The van der Waals surface area contributed by atoms with Crippen LogP contribution >= 0.6 is 35.2 Å². The number of carbonyl (C=O) groups excluding carboxylic acids is 2. The van der Waals surface area contributed by atoms with E-state index in [1.54, 1.807) is 0 Å². The van der Waals surface area contributed by atoms with Crippen LogP contribution in [0, 0.1) is 5.41 Å². The highest BCUT2D eigenvalue weighted by Crippen LogP contribution is 2.61. The fourth-order valence-corrected chi connectivity index (χ4v) is 8.31. The number of carbonyl (C=O) groups is 2. The van der Waals surface area contributed by atoms with Crippen LogP contribution in [0.4, 0.5) is 5.82 Å². The number of phosphoric acid groups is 3. The summed E-state index contributed by atoms with van der Waals surface area (Å²) in [5.74, 6) is -0.106. The van der Waals surface area contributed by atoms with Gasteiger partial charge in [0.1, 0.15) is 36.3 Å². The fraction of sp³-hybridized carbons (Fsp3) is 0.654. The highest BCUT2D eigenvalue weighted by atomic mass is 32.2. The molecule has 2 aromatic rings. The Kier molecular flexibility index (Phi) is 16.7. The van der Waals surface area contributed by atoms with Crippen molar-refractivity contribution in [1.82, 2.24) is 30.2 Å². The van der Waals surface area contributed by atoms with Gasteiger partial charge in [-0.15, -0.1) is 6.58 Å². The van der Waals surface area contributed by atoms with Crippen LogP contribution in [0.1, 0.15) is 32.9 Å². The van der Waals surface area contributed by atoms with Crippen molar-refractivity contribution in [3.8, 4) is 0 Å². The minimum absolute atomic E-state index is 0.0330. The van der Waals surface area contributed by atoms with E-state index in [0.717, 1.165) is 17.2 Å². The molecule has 1 aliphatic heterocycles. The van der Waals surface area contributed by atoms with Gasteiger partial charge in [-0.3, -0.25) is 27.7 Å². The van der Waals surface area contributed by atoms with Gasteiger partial charge in [0.2, 0.25) is 11.8 Å². The quantitative estimate of drug-likeness (QED) is 0.0367. The van der Waals surface area contributed by atoms with Crippen LogP contribution < -0.4 is 16.4 Å². The Balaban J connectivity index is 1.50. The van der Waals surface area contributed by atoms with Gasteiger partial charge in [-0.25, -0.2) is 28.6 Å². The summed E-state index contributed by atoms with van der Waals surface area (Å²) in [5.41, 5.74) is 4.28. The molecule has 3 heterocycles. The number of ether oxygens (including phenoxy) is 1. The lowest BCUT2D eigenvalue weighted by atomic mass is 9.87. The van der Waals surface area contributed by atoms with Crippen molar-refractivity contribution in [3.05, 3.63) is 25.3 Å². The maximum Gasteiger partial charge on any atom is 0.481 e. The molecule has 1 aliphatic rings. The summed E-state index contributed by atoms with van der Waals surface area (Å²) < 4.78 is 62.0. The third kappa shape index (κ3) is 14.0. The number of thioether (sulfide) groups is 1. The van der Waals surface area contributed by atoms with Crippen LogP contribution in [0.25, 0.3) is 11.2 Å². The second kappa shape index (κ2) is 19.6. The summed E-state index contributed by atoms with van der Waals surface area (Å²) >= 11 is 1.52. The summed E-state index contributed by atoms with van der Waals surface area (Å²) in [6.45, 7) is 4.19. The SMILES string of the molecule is C=C[C@@H](O)CCSCCNC(=O)CCNC(=O)C(O)C(C)(C)COP(=O)(O)OP(=O)(O)OC[C@H]1O[C@@H](n2cnc3c(N)ncnc32)[C@H](O)[C@@H]1OP(=O)(O)O. The van der Waals surface area contributed by atoms with Crippen molar-refractivity contribution in [1.29, 1.82) is 0 Å². The second-order valence-electron chi connectivity index (χ2n) is 12.3. The number of amides is 2. The van der Waals surface area contributed by atoms with Crippen LogP contribution in [0.15, 0.2) is 25.3 Å². The molecular weight excluding hydrogens is 807 g/mol. The zero-order valence-corrected chi connectivity index (χ0v) is 32.4. The summed E-state index contributed by atoms with van der Waals surface area (Å²) in [7, 11) is -16.4. The highest BCUT2D eigenvalue weighted by Gasteiger charge is 2.50. The zero-order valence-electron chi connectivity index (χ0n) is 28.9. The van der Waals surface area contributed by atoms with Crippen LogP contribution in [-0.2, 0) is 45.9 Å². The van der Waals surface area contributed by atoms with E-state index in [9.17, 15) is 58.2 Å². The van der Waals surface area contributed by atoms with E-state index in [1.807, 2.05) is 0 Å². The normalized spacial score (nSPS) is 22.6. The third-order valence-electron chi connectivity index (χ3n) is 7.48. The number of nitrogen functional groups attached to an aromatic ring is 1. The van der Waals surface area contributed by atoms with Gasteiger partial charge >= 0.3 is 23.5 Å². The molecule has 2 amide bonds. The average molecular weight is 852 g/mol. The van der Waals surface area contributed by atoms with Gasteiger partial charge < -0.3 is 56.0 Å². The number of nitrogens with zero attached hydrogens (tertiary/aromatic N) is 4. The molecule has 8 atom stereocenters. The molecule has 0 spiro atoms. The van der Waals surface area contributed by atoms with E-state index in [-0.39, 0.29) is 35.9 Å². The number of hydrogen-bond donors (Lipinski definition) is 10. The zero-order chi connectivity index (χ0) is 40.5. The molecule has 3 unspecified atom stereocenters. The molecule has 1 saturated heterocycles. The van der Waals surface area contributed by atoms with E-state index in [1.165, 1.54) is 31.7 Å². The average Bonchev–Trinajstić information content (AvgIpc) is 3.64. The minimum atomic E-state index is -5.56. The number of aromatic nitrogens is 4. The Hall–Kier alpha value is -2.41. The van der Waals surface area contributed by atoms with Crippen LogP contribution in [0.2, 0.25) is 0 Å². The predicted molar refractivity (Wildman–Crippen MR) is 188 cm³/mol. The first-order valence-electron chi connectivity index (χ1n) is 15.8. The minimum Gasteiger partial charge on any atom is -0.389 e. The Bertz CT molecular complexity index is 1750. The number of imidazole rings is 1. The van der Waals surface area contributed by atoms with Crippen LogP contribution in [0.5, 0.6) is 0 Å². The molecule has 24 nitrogen and oxygen atoms in total. The molecule has 1 fully saturated rings. The van der Waals surface area contributed by atoms with Crippen molar-refractivity contribution in [2.45, 2.75) is 63.4 Å². The summed E-state index contributed by atoms with van der Waals surface area (Å²) in [6.07, 6.45) is -5.45. The number of fused-ring (bicyclic) bond motifs is 1. The first-order chi connectivity index (χ1) is 25.1. The molecule has 0 saturated carbocycles. The molecule has 28 heteroatoms. The van der Waals surface area contributed by atoms with Crippen LogP contribution in [-0.4, -0.2) is 135 Å². The van der Waals surface area contributed by atoms with Crippen LogP contribution in [0.3, 0.4) is 0 Å². The van der Waals surface area contributed by atoms with E-state index in [4.69, 9.17) is 19.5 Å². The van der Waals surface area contributed by atoms with Gasteiger partial charge in [0, 0.05) is 30.7 Å². The van der Waals surface area contributed by atoms with Gasteiger partial charge in [-0.05, 0) is 12.2 Å². The van der Waals surface area contributed by atoms with Crippen molar-refractivity contribution in [3.63, 3.8) is 0 Å². The van der Waals surface area contributed by atoms with E-state index in [2.05, 4.69) is 41.0 Å². The lowest BCUT2D eigenvalue weighted by Gasteiger charge is -2.30. The van der Waals surface area contributed by atoms with Gasteiger partial charge in [0.05, 0.1) is 25.6 Å². The lowest BCUT2D eigenvalue weighted by molar-refractivity contribution is -0.137. The van der Waals surface area contributed by atoms with E-state index >= 15 is 0 Å². The van der Waals surface area contributed by atoms with E-state index < -0.39 is 84.8 Å². The largest absolute Gasteiger partial charge is 0.481 e. The Labute approximate surface area is 312 Å². The molecule has 3 rings (SSSR count). The maximum absolute atomic E-state index is 12.7. The predicted octanol–water partition coefficient (Wildman–Crippen LogP) is -0.925. The van der Waals surface area contributed by atoms with Gasteiger partial charge in [-0.1, -0.05) is 19.9 Å². The van der Waals surface area contributed by atoms with Gasteiger partial charge in [-0.2, -0.15) is 16.1 Å². The summed E-state index contributed by atoms with van der Waals surface area (Å²) in [6, 6.07) is 0. The van der Waals surface area contributed by atoms with Crippen molar-refractivity contribution < 1.29 is 80.8 Å². The highest BCUT2D eigenvalue weighted by molar-refractivity contribution is 7.99. The number of anilines is 1. The molecule has 0 aromatic carbocycles. The number of phosphoric ester groups is 3. The lowest BCUT2D eigenvalue weighted by Crippen LogP contribution is -2.46. The number of hydrogen-bond acceptors (Lipinski definition) is 18. The second-order valence-corrected chi connectivity index (χ2v) is 17.7. The first kappa shape index (κ1) is 46.0. The molecule has 0 radical (unpaired) electrons. The Morgan fingerprint density at radius 2 is 1.78 bits per heavy atom. The van der Waals surface area contributed by atoms with E-state index in [0.29, 0.717) is 24.5 Å². The molecule has 0 aliphatic carbocycles. The number of nitrogens with two attached hydrogens (primary N) is 1. The van der Waals surface area contributed by atoms with Crippen molar-refractivity contribution in [2.75, 3.05) is 43.5 Å². The summed E-state index contributed by atoms with van der Waals surface area (Å²) in [5, 5.41) is 35.8. The fourth-order valence-electron chi connectivity index (χ4n) is 4.63. The third-order valence-corrected chi connectivity index (χ3v) is 11.6. The number of nitrogens with one attached hydrogen (secondary N) is 2. The van der Waals surface area contributed by atoms with Gasteiger partial charge in [0.15, 0.2) is 17.7 Å². The first-order valence-corrected chi connectivity index (χ1v) is 21.5. The van der Waals surface area contributed by atoms with Gasteiger partial charge in [0.25, 0.3) is 0 Å². The van der Waals surface area contributed by atoms with Crippen molar-refractivity contribution >= 4 is 64.0 Å². The maximum atomic E-state index is 12.7. The summed E-state index contributed by atoms with van der Waals surface area (Å²) in [4.78, 5) is 75.4. The van der Waals surface area contributed by atoms with Crippen molar-refractivity contribution in [2.24, 2.45) is 5.41 Å². The monoisotopic (exact) mass is 851 g/mol. The Morgan fingerprint density at radius 3 is 2.44 bits per heavy atom. The molecule has 306 valence electrons. The molecule has 0 bridgehead atoms. The smallest absolute Gasteiger partial charge is 0.389 e.